The number of aromatic nitrogens is 1. The highest BCUT2D eigenvalue weighted by atomic mass is 16.4. The van der Waals surface area contributed by atoms with E-state index in [-0.39, 0.29) is 12.8 Å². The lowest BCUT2D eigenvalue weighted by molar-refractivity contribution is -0.142. The number of carbonyl (C=O) groups excluding carboxylic acids is 3. The van der Waals surface area contributed by atoms with Gasteiger partial charge < -0.3 is 36.9 Å². The molecule has 5 atom stereocenters. The van der Waals surface area contributed by atoms with E-state index in [1.807, 2.05) is 30.3 Å². The van der Waals surface area contributed by atoms with Gasteiger partial charge in [-0.2, -0.15) is 0 Å². The number of hydrogen-bond donors (Lipinski definition) is 7. The summed E-state index contributed by atoms with van der Waals surface area (Å²) in [7, 11) is 0. The predicted octanol–water partition coefficient (Wildman–Crippen LogP) is 0.856. The highest BCUT2D eigenvalue weighted by molar-refractivity contribution is 5.95. The minimum absolute atomic E-state index is 0.0666. The third kappa shape index (κ3) is 7.90. The lowest BCUT2D eigenvalue weighted by atomic mass is 9.99. The zero-order valence-corrected chi connectivity index (χ0v) is 22.8. The second-order valence-corrected chi connectivity index (χ2v) is 10.2. The molecule has 0 aliphatic rings. The summed E-state index contributed by atoms with van der Waals surface area (Å²) in [5.74, 6) is -3.65. The molecule has 214 valence electrons. The molecule has 1 aromatic heterocycles. The van der Waals surface area contributed by atoms with Crippen LogP contribution >= 0.6 is 0 Å². The van der Waals surface area contributed by atoms with Crippen LogP contribution in [0.5, 0.6) is 0 Å². The van der Waals surface area contributed by atoms with Gasteiger partial charge in [-0.15, -0.1) is 0 Å². The van der Waals surface area contributed by atoms with Gasteiger partial charge in [-0.25, -0.2) is 4.79 Å². The van der Waals surface area contributed by atoms with Gasteiger partial charge in [-0.1, -0.05) is 62.4 Å². The molecule has 11 heteroatoms. The third-order valence-corrected chi connectivity index (χ3v) is 6.70. The molecule has 11 nitrogen and oxygen atoms in total. The first-order valence-corrected chi connectivity index (χ1v) is 13.1. The molecule has 0 fully saturated rings. The number of aliphatic carboxylic acids is 1. The summed E-state index contributed by atoms with van der Waals surface area (Å²) in [6.45, 7) is 4.80. The number of aliphatic hydroxyl groups is 1. The number of para-hydroxylation sites is 1. The first kappa shape index (κ1) is 30.3. The number of carbonyl (C=O) groups is 4. The molecule has 2 aromatic carbocycles. The van der Waals surface area contributed by atoms with Crippen LogP contribution < -0.4 is 21.7 Å². The average molecular weight is 552 g/mol. The maximum absolute atomic E-state index is 13.5. The van der Waals surface area contributed by atoms with Gasteiger partial charge in [0.1, 0.15) is 24.2 Å². The molecule has 0 bridgehead atoms. The van der Waals surface area contributed by atoms with E-state index in [0.29, 0.717) is 0 Å². The van der Waals surface area contributed by atoms with Crippen LogP contribution in [0.1, 0.15) is 31.9 Å². The highest BCUT2D eigenvalue weighted by Gasteiger charge is 2.33. The molecule has 0 saturated heterocycles. The number of benzene rings is 2. The van der Waals surface area contributed by atoms with Crippen molar-refractivity contribution in [1.29, 1.82) is 0 Å². The van der Waals surface area contributed by atoms with Crippen molar-refractivity contribution in [3.8, 4) is 0 Å². The number of aliphatic hydroxyl groups excluding tert-OH is 1. The summed E-state index contributed by atoms with van der Waals surface area (Å²) in [6.07, 6.45) is 0.728. The van der Waals surface area contributed by atoms with Gasteiger partial charge in [0.25, 0.3) is 0 Å². The number of carboxylic acids is 1. The Labute approximate surface area is 232 Å². The smallest absolute Gasteiger partial charge is 0.326 e. The van der Waals surface area contributed by atoms with Crippen LogP contribution in [0.3, 0.4) is 0 Å². The van der Waals surface area contributed by atoms with Gasteiger partial charge in [-0.3, -0.25) is 14.4 Å². The van der Waals surface area contributed by atoms with Crippen molar-refractivity contribution in [2.24, 2.45) is 11.7 Å². The summed E-state index contributed by atoms with van der Waals surface area (Å²) in [4.78, 5) is 54.5. The second kappa shape index (κ2) is 13.7. The van der Waals surface area contributed by atoms with Gasteiger partial charge >= 0.3 is 5.97 Å². The number of rotatable bonds is 13. The number of fused-ring (bicyclic) bond motifs is 1. The standard InChI is InChI=1S/C29H37N5O6/c1-16(2)25(28(38)33-23(29(39)40)13-18-9-5-4-6-10-18)34-26(36)22(32-27(37)24(30)17(3)35)14-19-15-31-21-12-8-7-11-20(19)21/h4-12,15-17,22-25,31,35H,13-14,30H2,1-3H3,(H,32,37)(H,33,38)(H,34,36)(H,39,40). The average Bonchev–Trinajstić information content (AvgIpc) is 3.33. The molecule has 0 aliphatic heterocycles. The minimum atomic E-state index is -1.27. The lowest BCUT2D eigenvalue weighted by Gasteiger charge is -2.27. The van der Waals surface area contributed by atoms with Crippen molar-refractivity contribution in [3.05, 3.63) is 71.9 Å². The van der Waals surface area contributed by atoms with Gasteiger partial charge in [0.2, 0.25) is 17.7 Å². The van der Waals surface area contributed by atoms with E-state index in [4.69, 9.17) is 5.73 Å². The molecule has 0 aliphatic carbocycles. The van der Waals surface area contributed by atoms with Crippen LogP contribution in [0.4, 0.5) is 0 Å². The Bertz CT molecular complexity index is 1320. The molecule has 0 radical (unpaired) electrons. The quantitative estimate of drug-likeness (QED) is 0.164. The predicted molar refractivity (Wildman–Crippen MR) is 150 cm³/mol. The molecule has 3 amide bonds. The SMILES string of the molecule is CC(C)C(NC(=O)C(Cc1c[nH]c2ccccc12)NC(=O)C(N)C(C)O)C(=O)NC(Cc1ccccc1)C(=O)O. The molecule has 3 aromatic rings. The van der Waals surface area contributed by atoms with E-state index in [1.54, 1.807) is 44.3 Å². The number of aromatic amines is 1. The van der Waals surface area contributed by atoms with Crippen LogP contribution in [-0.4, -0.2) is 69.2 Å². The van der Waals surface area contributed by atoms with Gasteiger partial charge in [0, 0.05) is 29.9 Å². The van der Waals surface area contributed by atoms with Crippen LogP contribution in [-0.2, 0) is 32.0 Å². The minimum Gasteiger partial charge on any atom is -0.480 e. The summed E-state index contributed by atoms with van der Waals surface area (Å²) in [5.41, 5.74) is 8.13. The number of H-pyrrole nitrogens is 1. The Morgan fingerprint density at radius 1 is 0.825 bits per heavy atom. The number of hydrogen-bond acceptors (Lipinski definition) is 6. The fourth-order valence-corrected chi connectivity index (χ4v) is 4.32. The van der Waals surface area contributed by atoms with E-state index >= 15 is 0 Å². The monoisotopic (exact) mass is 551 g/mol. The zero-order valence-electron chi connectivity index (χ0n) is 22.8. The molecule has 0 saturated carbocycles. The Morgan fingerprint density at radius 3 is 2.08 bits per heavy atom. The van der Waals surface area contributed by atoms with E-state index < -0.39 is 59.9 Å². The third-order valence-electron chi connectivity index (χ3n) is 6.70. The van der Waals surface area contributed by atoms with E-state index in [2.05, 4.69) is 20.9 Å². The normalized spacial score (nSPS) is 15.1. The van der Waals surface area contributed by atoms with E-state index in [0.717, 1.165) is 22.0 Å². The first-order chi connectivity index (χ1) is 19.0. The van der Waals surface area contributed by atoms with Crippen LogP contribution in [0.15, 0.2) is 60.8 Å². The van der Waals surface area contributed by atoms with Gasteiger partial charge in [0.15, 0.2) is 0 Å². The largest absolute Gasteiger partial charge is 0.480 e. The van der Waals surface area contributed by atoms with Crippen LogP contribution in [0.2, 0.25) is 0 Å². The maximum Gasteiger partial charge on any atom is 0.326 e. The maximum atomic E-state index is 13.5. The van der Waals surface area contributed by atoms with Crippen molar-refractivity contribution >= 4 is 34.6 Å². The fourth-order valence-electron chi connectivity index (χ4n) is 4.32. The van der Waals surface area contributed by atoms with Crippen LogP contribution in [0.25, 0.3) is 10.9 Å². The van der Waals surface area contributed by atoms with Crippen molar-refractivity contribution < 1.29 is 29.4 Å². The van der Waals surface area contributed by atoms with Gasteiger partial charge in [0.05, 0.1) is 6.10 Å². The topological polar surface area (TPSA) is 187 Å². The summed E-state index contributed by atoms with van der Waals surface area (Å²) >= 11 is 0. The molecule has 40 heavy (non-hydrogen) atoms. The Kier molecular flexibility index (Phi) is 10.4. The molecular weight excluding hydrogens is 514 g/mol. The van der Waals surface area contributed by atoms with Crippen LogP contribution in [0, 0.1) is 5.92 Å². The number of nitrogens with one attached hydrogen (secondary N) is 4. The zero-order chi connectivity index (χ0) is 29.4. The summed E-state index contributed by atoms with van der Waals surface area (Å²) in [5, 5.41) is 28.2. The molecular formula is C29H37N5O6. The Balaban J connectivity index is 1.80. The molecule has 1 heterocycles. The number of nitrogens with two attached hydrogens (primary N) is 1. The van der Waals surface area contributed by atoms with Crippen molar-refractivity contribution in [1.82, 2.24) is 20.9 Å². The fraction of sp³-hybridized carbons (Fsp3) is 0.379. The molecule has 0 spiro atoms. The van der Waals surface area contributed by atoms with E-state index in [9.17, 15) is 29.4 Å². The number of carboxylic acid groups (broad SMARTS) is 1. The number of amides is 3. The molecule has 8 N–H and O–H groups in total. The molecule has 3 rings (SSSR count). The highest BCUT2D eigenvalue weighted by Crippen LogP contribution is 2.19. The van der Waals surface area contributed by atoms with Crippen molar-refractivity contribution in [2.45, 2.75) is 63.9 Å². The summed E-state index contributed by atoms with van der Waals surface area (Å²) in [6, 6.07) is 11.7. The van der Waals surface area contributed by atoms with E-state index in [1.165, 1.54) is 6.92 Å². The van der Waals surface area contributed by atoms with Gasteiger partial charge in [-0.05, 0) is 30.0 Å². The Morgan fingerprint density at radius 2 is 1.45 bits per heavy atom. The second-order valence-electron chi connectivity index (χ2n) is 10.2. The molecule has 5 unspecified atom stereocenters. The first-order valence-electron chi connectivity index (χ1n) is 13.1. The van der Waals surface area contributed by atoms with Crippen molar-refractivity contribution in [3.63, 3.8) is 0 Å². The lowest BCUT2D eigenvalue weighted by Crippen LogP contribution is -2.59. The van der Waals surface area contributed by atoms with Crippen molar-refractivity contribution in [2.75, 3.05) is 0 Å². The summed E-state index contributed by atoms with van der Waals surface area (Å²) < 4.78 is 0. The Hall–Kier alpha value is -4.22.